The number of hydrogen-bond acceptors (Lipinski definition) is 8. The number of esters is 1. The first kappa shape index (κ1) is 32.0. The quantitative estimate of drug-likeness (QED) is 0.132. The van der Waals surface area contributed by atoms with Gasteiger partial charge in [-0.05, 0) is 104 Å². The van der Waals surface area contributed by atoms with Crippen LogP contribution in [0.5, 0.6) is 0 Å². The van der Waals surface area contributed by atoms with Crippen molar-refractivity contribution in [2.75, 3.05) is 33.4 Å². The third-order valence-electron chi connectivity index (χ3n) is 12.0. The average Bonchev–Trinajstić information content (AvgIpc) is 3.86. The van der Waals surface area contributed by atoms with Crippen molar-refractivity contribution in [3.63, 3.8) is 0 Å². The summed E-state index contributed by atoms with van der Waals surface area (Å²) < 4.78 is 24.0. The van der Waals surface area contributed by atoms with E-state index in [1.165, 1.54) is 5.57 Å². The molecule has 0 aromatic carbocycles. The molecule has 2 amide bonds. The molecule has 1 unspecified atom stereocenters. The zero-order valence-corrected chi connectivity index (χ0v) is 27.1. The molecule has 10 heteroatoms. The van der Waals surface area contributed by atoms with Crippen molar-refractivity contribution in [1.29, 1.82) is 0 Å². The number of rotatable bonds is 12. The topological polar surface area (TPSA) is 131 Å². The molecule has 10 nitrogen and oxygen atoms in total. The lowest BCUT2D eigenvalue weighted by molar-refractivity contribution is -0.153. The van der Waals surface area contributed by atoms with Crippen molar-refractivity contribution >= 4 is 17.8 Å². The van der Waals surface area contributed by atoms with Gasteiger partial charge < -0.3 is 34.9 Å². The number of ether oxygens (including phenoxy) is 4. The molecule has 3 heterocycles. The second kappa shape index (κ2) is 12.3. The van der Waals surface area contributed by atoms with Crippen LogP contribution in [0.15, 0.2) is 11.6 Å². The summed E-state index contributed by atoms with van der Waals surface area (Å²) >= 11 is 0. The molecule has 7 atom stereocenters. The Morgan fingerprint density at radius 2 is 1.68 bits per heavy atom. The molecule has 3 N–H and O–H groups in total. The maximum Gasteiger partial charge on any atom is 0.323 e. The molecule has 246 valence electrons. The van der Waals surface area contributed by atoms with Gasteiger partial charge in [-0.15, -0.1) is 0 Å². The number of carbonyl (C=O) groups excluding carboxylic acids is 3. The molecule has 7 aliphatic rings. The van der Waals surface area contributed by atoms with E-state index in [9.17, 15) is 14.4 Å². The summed E-state index contributed by atoms with van der Waals surface area (Å²) in [5.41, 5.74) is -0.0806. The van der Waals surface area contributed by atoms with Crippen LogP contribution < -0.4 is 16.0 Å². The zero-order valence-electron chi connectivity index (χ0n) is 27.1. The van der Waals surface area contributed by atoms with Crippen LogP contribution in [0.2, 0.25) is 0 Å². The Labute approximate surface area is 262 Å². The predicted octanol–water partition coefficient (Wildman–Crippen LogP) is 3.32. The number of epoxide rings is 2. The smallest absolute Gasteiger partial charge is 0.323 e. The summed E-state index contributed by atoms with van der Waals surface area (Å²) in [5.74, 6) is 0.0659. The first-order chi connectivity index (χ1) is 21.1. The van der Waals surface area contributed by atoms with Crippen molar-refractivity contribution < 1.29 is 33.3 Å². The number of fused-ring (bicyclic) bond motifs is 3. The van der Waals surface area contributed by atoms with Gasteiger partial charge in [-0.3, -0.25) is 14.4 Å². The van der Waals surface area contributed by atoms with Crippen molar-refractivity contribution in [2.24, 2.45) is 16.7 Å². The second-order valence-electron chi connectivity index (χ2n) is 14.9. The summed E-state index contributed by atoms with van der Waals surface area (Å²) in [6, 6.07) is -0.281. The highest BCUT2D eigenvalue weighted by atomic mass is 16.6. The van der Waals surface area contributed by atoms with Crippen molar-refractivity contribution in [3.8, 4) is 0 Å². The van der Waals surface area contributed by atoms with E-state index in [-0.39, 0.29) is 59.2 Å². The summed E-state index contributed by atoms with van der Waals surface area (Å²) in [4.78, 5) is 39.3. The summed E-state index contributed by atoms with van der Waals surface area (Å²) in [6.45, 7) is 8.79. The SMILES string of the molecule is CO[C@H]1[C@H](C2(C)O[C@@H]2CC=C(C)C)[C@]2(CC[C@H]1NC(=O)C13CCC(C(=O)NCCCOC(=O)[C@@H]4CCCN4)(CC1)CC3)CO2. The zero-order chi connectivity index (χ0) is 31.2. The first-order valence-electron chi connectivity index (χ1n) is 17.0. The Morgan fingerprint density at radius 1 is 1.00 bits per heavy atom. The van der Waals surface area contributed by atoms with Crippen LogP contribution in [0.4, 0.5) is 0 Å². The van der Waals surface area contributed by atoms with Gasteiger partial charge in [0.15, 0.2) is 0 Å². The molecular weight excluding hydrogens is 562 g/mol. The highest BCUT2D eigenvalue weighted by molar-refractivity contribution is 5.87. The third kappa shape index (κ3) is 5.96. The Hall–Kier alpha value is -2.01. The van der Waals surface area contributed by atoms with E-state index in [1.807, 2.05) is 0 Å². The van der Waals surface area contributed by atoms with Gasteiger partial charge in [0.25, 0.3) is 0 Å². The van der Waals surface area contributed by atoms with Crippen LogP contribution in [0.3, 0.4) is 0 Å². The Kier molecular flexibility index (Phi) is 8.93. The largest absolute Gasteiger partial charge is 0.464 e. The normalized spacial score (nSPS) is 42.0. The molecule has 7 rings (SSSR count). The monoisotopic (exact) mass is 615 g/mol. The van der Waals surface area contributed by atoms with Gasteiger partial charge in [0.2, 0.25) is 11.8 Å². The molecule has 44 heavy (non-hydrogen) atoms. The summed E-state index contributed by atoms with van der Waals surface area (Å²) in [5, 5.41) is 9.70. The highest BCUT2D eigenvalue weighted by Gasteiger charge is 2.72. The van der Waals surface area contributed by atoms with E-state index in [2.05, 4.69) is 42.8 Å². The van der Waals surface area contributed by atoms with Gasteiger partial charge >= 0.3 is 5.97 Å². The van der Waals surface area contributed by atoms with E-state index < -0.39 is 10.8 Å². The van der Waals surface area contributed by atoms with Crippen LogP contribution in [0.1, 0.15) is 97.8 Å². The molecule has 0 aromatic rings. The average molecular weight is 616 g/mol. The Balaban J connectivity index is 0.998. The molecule has 4 aliphatic carbocycles. The van der Waals surface area contributed by atoms with Crippen LogP contribution in [-0.2, 0) is 33.3 Å². The molecule has 4 saturated carbocycles. The number of allylic oxidation sites excluding steroid dienone is 1. The minimum absolute atomic E-state index is 0.0593. The number of hydrogen-bond donors (Lipinski definition) is 3. The minimum atomic E-state index is -0.421. The van der Waals surface area contributed by atoms with E-state index in [0.29, 0.717) is 19.6 Å². The van der Waals surface area contributed by atoms with Gasteiger partial charge in [-0.2, -0.15) is 0 Å². The number of carbonyl (C=O) groups is 3. The van der Waals surface area contributed by atoms with Crippen LogP contribution in [0, 0.1) is 16.7 Å². The van der Waals surface area contributed by atoms with Crippen LogP contribution in [-0.4, -0.2) is 86.7 Å². The van der Waals surface area contributed by atoms with E-state index in [4.69, 9.17) is 18.9 Å². The van der Waals surface area contributed by atoms with E-state index in [1.54, 1.807) is 7.11 Å². The molecule has 0 aromatic heterocycles. The van der Waals surface area contributed by atoms with Crippen LogP contribution in [0.25, 0.3) is 0 Å². The second-order valence-corrected chi connectivity index (χ2v) is 14.9. The molecule has 3 aliphatic heterocycles. The fourth-order valence-corrected chi connectivity index (χ4v) is 8.95. The molecular formula is C34H53N3O7. The molecule has 3 saturated heterocycles. The fourth-order valence-electron chi connectivity index (χ4n) is 8.95. The lowest BCUT2D eigenvalue weighted by atomic mass is 9.53. The number of methoxy groups -OCH3 is 1. The molecule has 0 radical (unpaired) electrons. The summed E-state index contributed by atoms with van der Waals surface area (Å²) in [7, 11) is 1.75. The standard InChI is InChI=1S/C34H53N3O7/c1-22(2)8-9-25-31(3,44-25)27-26(41-4)23(10-11-34(27)21-43-34)37-30(40)33-15-12-32(13-16-33,14-17-33)29(39)36-19-6-20-42-28(38)24-7-5-18-35-24/h8,23-27,35H,5-7,9-21H2,1-4H3,(H,36,39)(H,37,40)/t23-,24+,25-,26-,27-,31?,32?,33?,34+/m1/s1. The fraction of sp³-hybridized carbons (Fsp3) is 0.853. The number of amides is 2. The van der Waals surface area contributed by atoms with Crippen molar-refractivity contribution in [3.05, 3.63) is 11.6 Å². The molecule has 1 spiro atoms. The van der Waals surface area contributed by atoms with Gasteiger partial charge in [0.05, 0.1) is 37.1 Å². The first-order valence-corrected chi connectivity index (χ1v) is 17.0. The molecule has 7 fully saturated rings. The van der Waals surface area contributed by atoms with Crippen LogP contribution >= 0.6 is 0 Å². The molecule has 2 bridgehead atoms. The van der Waals surface area contributed by atoms with Gasteiger partial charge in [-0.25, -0.2) is 0 Å². The van der Waals surface area contributed by atoms with E-state index in [0.717, 1.165) is 83.8 Å². The van der Waals surface area contributed by atoms with E-state index >= 15 is 0 Å². The third-order valence-corrected chi connectivity index (χ3v) is 12.0. The highest BCUT2D eigenvalue weighted by Crippen LogP contribution is 2.60. The Morgan fingerprint density at radius 3 is 2.27 bits per heavy atom. The Bertz CT molecular complexity index is 1120. The van der Waals surface area contributed by atoms with Gasteiger partial charge in [0.1, 0.15) is 11.6 Å². The number of nitrogens with one attached hydrogen (secondary N) is 3. The maximum atomic E-state index is 14.0. The predicted molar refractivity (Wildman–Crippen MR) is 164 cm³/mol. The summed E-state index contributed by atoms with van der Waals surface area (Å²) in [6.07, 6.45) is 11.6. The van der Waals surface area contributed by atoms with Crippen molar-refractivity contribution in [1.82, 2.24) is 16.0 Å². The minimum Gasteiger partial charge on any atom is -0.464 e. The van der Waals surface area contributed by atoms with Gasteiger partial charge in [-0.1, -0.05) is 11.6 Å². The van der Waals surface area contributed by atoms with Crippen molar-refractivity contribution in [2.45, 2.75) is 133 Å². The lowest BCUT2D eigenvalue weighted by Crippen LogP contribution is -2.62. The lowest BCUT2D eigenvalue weighted by Gasteiger charge is -2.52. The van der Waals surface area contributed by atoms with Gasteiger partial charge in [0, 0.05) is 30.4 Å². The maximum absolute atomic E-state index is 14.0.